The zero-order valence-electron chi connectivity index (χ0n) is 16.2. The lowest BCUT2D eigenvalue weighted by atomic mass is 10.2. The third kappa shape index (κ3) is 6.73. The predicted octanol–water partition coefficient (Wildman–Crippen LogP) is 2.35. The molecule has 28 heavy (non-hydrogen) atoms. The van der Waals surface area contributed by atoms with Gasteiger partial charge in [-0.15, -0.1) is 24.0 Å². The highest BCUT2D eigenvalue weighted by Crippen LogP contribution is 2.12. The number of benzene rings is 1. The van der Waals surface area contributed by atoms with Gasteiger partial charge in [0.05, 0.1) is 0 Å². The molecule has 0 spiro atoms. The molecule has 0 bridgehead atoms. The molecule has 1 atom stereocenters. The van der Waals surface area contributed by atoms with Crippen LogP contribution in [0.1, 0.15) is 5.56 Å². The van der Waals surface area contributed by atoms with Crippen LogP contribution in [0.2, 0.25) is 0 Å². The largest absolute Gasteiger partial charge is 0.355 e. The Balaban J connectivity index is 0.00000280. The van der Waals surface area contributed by atoms with Crippen molar-refractivity contribution in [2.45, 2.75) is 5.75 Å². The highest BCUT2D eigenvalue weighted by Gasteiger charge is 2.20. The Morgan fingerprint density at radius 3 is 2.46 bits per heavy atom. The molecule has 0 saturated carbocycles. The van der Waals surface area contributed by atoms with E-state index in [2.05, 4.69) is 25.1 Å². The molecule has 2 aromatic rings. The normalized spacial score (nSPS) is 15.7. The zero-order chi connectivity index (χ0) is 18.9. The third-order valence-electron chi connectivity index (χ3n) is 4.55. The van der Waals surface area contributed by atoms with E-state index in [4.69, 9.17) is 0 Å². The van der Waals surface area contributed by atoms with Gasteiger partial charge in [-0.05, 0) is 17.7 Å². The molecule has 1 aromatic heterocycles. The topological polar surface area (TPSA) is 60.8 Å². The van der Waals surface area contributed by atoms with Gasteiger partial charge in [-0.3, -0.25) is 9.20 Å². The van der Waals surface area contributed by atoms with Gasteiger partial charge in [0.2, 0.25) is 0 Å². The van der Waals surface area contributed by atoms with E-state index >= 15 is 0 Å². The van der Waals surface area contributed by atoms with Crippen molar-refractivity contribution in [3.8, 4) is 0 Å². The van der Waals surface area contributed by atoms with Gasteiger partial charge in [-0.2, -0.15) is 0 Å². The summed E-state index contributed by atoms with van der Waals surface area (Å²) in [6, 6.07) is 16.0. The van der Waals surface area contributed by atoms with Gasteiger partial charge < -0.3 is 15.1 Å². The molecule has 3 rings (SSSR count). The summed E-state index contributed by atoms with van der Waals surface area (Å²) in [4.78, 5) is 13.4. The molecule has 152 valence electrons. The van der Waals surface area contributed by atoms with Gasteiger partial charge in [-0.1, -0.05) is 36.4 Å². The van der Waals surface area contributed by atoms with Crippen molar-refractivity contribution < 1.29 is 4.21 Å². The molecule has 0 radical (unpaired) electrons. The summed E-state index contributed by atoms with van der Waals surface area (Å²) in [5.74, 6) is 3.12. The van der Waals surface area contributed by atoms with Crippen molar-refractivity contribution in [1.29, 1.82) is 0 Å². The first-order chi connectivity index (χ1) is 13.3. The summed E-state index contributed by atoms with van der Waals surface area (Å²) in [5, 5.41) is 3.36. The van der Waals surface area contributed by atoms with E-state index in [9.17, 15) is 4.21 Å². The van der Waals surface area contributed by atoms with Gasteiger partial charge in [0.25, 0.3) is 0 Å². The Bertz CT molecular complexity index is 752. The Hall–Kier alpha value is -1.68. The van der Waals surface area contributed by atoms with Crippen LogP contribution in [0.5, 0.6) is 0 Å². The number of halogens is 1. The van der Waals surface area contributed by atoms with Crippen LogP contribution in [-0.2, 0) is 16.6 Å². The SMILES string of the molecule is CN=C(NCCS(=O)Cc1ccccc1)N1CCN(c2ccccn2)CC1.I. The quantitative estimate of drug-likeness (QED) is 0.365. The maximum absolute atomic E-state index is 12.3. The van der Waals surface area contributed by atoms with Gasteiger partial charge in [0.15, 0.2) is 5.96 Å². The summed E-state index contributed by atoms with van der Waals surface area (Å²) in [5.41, 5.74) is 1.12. The van der Waals surface area contributed by atoms with Crippen LogP contribution in [0.15, 0.2) is 59.7 Å². The first-order valence-corrected chi connectivity index (χ1v) is 10.8. The third-order valence-corrected chi connectivity index (χ3v) is 5.86. The minimum Gasteiger partial charge on any atom is -0.355 e. The number of hydrogen-bond donors (Lipinski definition) is 1. The van der Waals surface area contributed by atoms with E-state index in [1.54, 1.807) is 7.05 Å². The highest BCUT2D eigenvalue weighted by atomic mass is 127. The number of piperazine rings is 1. The summed E-state index contributed by atoms with van der Waals surface area (Å²) in [6.45, 7) is 4.27. The Morgan fingerprint density at radius 1 is 1.11 bits per heavy atom. The van der Waals surface area contributed by atoms with Crippen LogP contribution in [0.4, 0.5) is 5.82 Å². The number of aromatic nitrogens is 1. The molecule has 0 aliphatic carbocycles. The minimum absolute atomic E-state index is 0. The number of guanidine groups is 1. The number of aliphatic imine (C=N–C) groups is 1. The molecule has 1 aromatic carbocycles. The number of nitrogens with zero attached hydrogens (tertiary/aromatic N) is 4. The van der Waals surface area contributed by atoms with Gasteiger partial charge >= 0.3 is 0 Å². The summed E-state index contributed by atoms with van der Waals surface area (Å²) < 4.78 is 12.3. The summed E-state index contributed by atoms with van der Waals surface area (Å²) in [7, 11) is 0.922. The average Bonchev–Trinajstić information content (AvgIpc) is 2.73. The van der Waals surface area contributed by atoms with Crippen LogP contribution in [-0.4, -0.2) is 65.6 Å². The lowest BCUT2D eigenvalue weighted by Crippen LogP contribution is -2.53. The Kier molecular flexibility index (Phi) is 9.69. The van der Waals surface area contributed by atoms with Crippen LogP contribution in [0, 0.1) is 0 Å². The highest BCUT2D eigenvalue weighted by molar-refractivity contribution is 14.0. The molecule has 0 amide bonds. The molecule has 1 saturated heterocycles. The van der Waals surface area contributed by atoms with E-state index in [-0.39, 0.29) is 24.0 Å². The van der Waals surface area contributed by atoms with Gasteiger partial charge in [-0.25, -0.2) is 4.98 Å². The minimum atomic E-state index is -0.877. The number of hydrogen-bond acceptors (Lipinski definition) is 4. The van der Waals surface area contributed by atoms with Crippen molar-refractivity contribution in [2.75, 3.05) is 50.4 Å². The van der Waals surface area contributed by atoms with Crippen molar-refractivity contribution in [2.24, 2.45) is 4.99 Å². The first-order valence-electron chi connectivity index (χ1n) is 9.27. The molecule has 1 unspecified atom stereocenters. The Labute approximate surface area is 186 Å². The first kappa shape index (κ1) is 22.6. The molecule has 1 aliphatic rings. The number of nitrogens with one attached hydrogen (secondary N) is 1. The number of pyridine rings is 1. The monoisotopic (exact) mass is 513 g/mol. The standard InChI is InChI=1S/C20H27N5OS.HI/c1-21-20(23-11-16-27(26)17-18-7-3-2-4-8-18)25-14-12-24(13-15-25)19-9-5-6-10-22-19;/h2-10H,11-17H2,1H3,(H,21,23);1H. The van der Waals surface area contributed by atoms with Crippen LogP contribution in [0.3, 0.4) is 0 Å². The van der Waals surface area contributed by atoms with E-state index < -0.39 is 10.8 Å². The summed E-state index contributed by atoms with van der Waals surface area (Å²) >= 11 is 0. The Morgan fingerprint density at radius 2 is 1.82 bits per heavy atom. The van der Waals surface area contributed by atoms with Crippen molar-refractivity contribution in [1.82, 2.24) is 15.2 Å². The van der Waals surface area contributed by atoms with E-state index in [1.165, 1.54) is 0 Å². The molecule has 8 heteroatoms. The number of rotatable bonds is 6. The number of anilines is 1. The second-order valence-corrected chi connectivity index (χ2v) is 7.99. The summed E-state index contributed by atoms with van der Waals surface area (Å²) in [6.07, 6.45) is 1.83. The van der Waals surface area contributed by atoms with Gasteiger partial charge in [0, 0.05) is 68.3 Å². The molecular formula is C20H28IN5OS. The zero-order valence-corrected chi connectivity index (χ0v) is 19.3. The fourth-order valence-corrected chi connectivity index (χ4v) is 4.17. The van der Waals surface area contributed by atoms with Crippen molar-refractivity contribution in [3.05, 3.63) is 60.3 Å². The maximum atomic E-state index is 12.3. The van der Waals surface area contributed by atoms with E-state index in [1.807, 2.05) is 54.7 Å². The van der Waals surface area contributed by atoms with Gasteiger partial charge in [0.1, 0.15) is 5.82 Å². The smallest absolute Gasteiger partial charge is 0.193 e. The van der Waals surface area contributed by atoms with Crippen molar-refractivity contribution in [3.63, 3.8) is 0 Å². The second kappa shape index (κ2) is 12.0. The maximum Gasteiger partial charge on any atom is 0.193 e. The van der Waals surface area contributed by atoms with Crippen LogP contribution < -0.4 is 10.2 Å². The molecule has 2 heterocycles. The lowest BCUT2D eigenvalue weighted by Gasteiger charge is -2.37. The predicted molar refractivity (Wildman–Crippen MR) is 128 cm³/mol. The molecule has 1 N–H and O–H groups in total. The van der Waals surface area contributed by atoms with E-state index in [0.717, 1.165) is 43.5 Å². The molecule has 1 fully saturated rings. The van der Waals surface area contributed by atoms with Crippen molar-refractivity contribution >= 4 is 46.6 Å². The van der Waals surface area contributed by atoms with E-state index in [0.29, 0.717) is 18.1 Å². The molecular weight excluding hydrogens is 485 g/mol. The fraction of sp³-hybridized carbons (Fsp3) is 0.400. The molecule has 1 aliphatic heterocycles. The average molecular weight is 513 g/mol. The lowest BCUT2D eigenvalue weighted by molar-refractivity contribution is 0.372. The second-order valence-electron chi connectivity index (χ2n) is 6.41. The fourth-order valence-electron chi connectivity index (χ4n) is 3.13. The molecule has 6 nitrogen and oxygen atoms in total. The van der Waals surface area contributed by atoms with Crippen LogP contribution >= 0.6 is 24.0 Å². The van der Waals surface area contributed by atoms with Crippen LogP contribution in [0.25, 0.3) is 0 Å².